The molecule has 82 valence electrons. The summed E-state index contributed by atoms with van der Waals surface area (Å²) in [4.78, 5) is 12.8. The SMILES string of the molecule is CCCC[C@H](N)C(=O)N(CC#N)CC#N. The number of nitrogens with two attached hydrogens (primary N) is 1. The number of rotatable bonds is 6. The van der Waals surface area contributed by atoms with E-state index in [1.165, 1.54) is 4.90 Å². The second kappa shape index (κ2) is 7.78. The molecule has 2 N–H and O–H groups in total. The number of hydrogen-bond donors (Lipinski definition) is 1. The smallest absolute Gasteiger partial charge is 0.241 e. The number of hydrogen-bond acceptors (Lipinski definition) is 4. The van der Waals surface area contributed by atoms with Gasteiger partial charge in [0.25, 0.3) is 0 Å². The Kier molecular flexibility index (Phi) is 6.96. The lowest BCUT2D eigenvalue weighted by molar-refractivity contribution is -0.131. The van der Waals surface area contributed by atoms with Crippen molar-refractivity contribution in [2.45, 2.75) is 32.2 Å². The minimum absolute atomic E-state index is 0.0772. The third kappa shape index (κ3) is 4.99. The quantitative estimate of drug-likeness (QED) is 0.638. The summed E-state index contributed by atoms with van der Waals surface area (Å²) in [6.07, 6.45) is 2.44. The molecule has 0 saturated heterocycles. The minimum atomic E-state index is -0.591. The predicted octanol–water partition coefficient (Wildman–Crippen LogP) is 0.380. The maximum absolute atomic E-state index is 11.6. The van der Waals surface area contributed by atoms with Crippen molar-refractivity contribution in [3.8, 4) is 12.1 Å². The Morgan fingerprint density at radius 3 is 2.33 bits per heavy atom. The van der Waals surface area contributed by atoms with E-state index >= 15 is 0 Å². The van der Waals surface area contributed by atoms with Gasteiger partial charge in [-0.25, -0.2) is 0 Å². The maximum Gasteiger partial charge on any atom is 0.241 e. The monoisotopic (exact) mass is 208 g/mol. The van der Waals surface area contributed by atoms with E-state index in [1.807, 2.05) is 19.1 Å². The van der Waals surface area contributed by atoms with Crippen molar-refractivity contribution in [1.29, 1.82) is 10.5 Å². The van der Waals surface area contributed by atoms with Crippen LogP contribution in [0.5, 0.6) is 0 Å². The van der Waals surface area contributed by atoms with Crippen molar-refractivity contribution in [2.24, 2.45) is 5.73 Å². The molecule has 0 bridgehead atoms. The van der Waals surface area contributed by atoms with E-state index in [0.717, 1.165) is 12.8 Å². The number of nitrogens with zero attached hydrogens (tertiary/aromatic N) is 3. The number of amides is 1. The molecule has 0 rings (SSSR count). The molecule has 15 heavy (non-hydrogen) atoms. The van der Waals surface area contributed by atoms with E-state index in [2.05, 4.69) is 0 Å². The van der Waals surface area contributed by atoms with Crippen LogP contribution in [0.3, 0.4) is 0 Å². The summed E-state index contributed by atoms with van der Waals surface area (Å²) in [5.74, 6) is -0.313. The first-order valence-electron chi connectivity index (χ1n) is 4.95. The van der Waals surface area contributed by atoms with Gasteiger partial charge in [0.05, 0.1) is 18.2 Å². The molecule has 1 amide bonds. The molecule has 0 aromatic heterocycles. The Labute approximate surface area is 90.1 Å². The average Bonchev–Trinajstić information content (AvgIpc) is 2.24. The summed E-state index contributed by atoms with van der Waals surface area (Å²) in [6.45, 7) is 1.86. The summed E-state index contributed by atoms with van der Waals surface area (Å²) in [6, 6.07) is 3.09. The molecule has 0 aliphatic rings. The van der Waals surface area contributed by atoms with Crippen LogP contribution in [0.1, 0.15) is 26.2 Å². The van der Waals surface area contributed by atoms with Gasteiger partial charge in [0.1, 0.15) is 13.1 Å². The van der Waals surface area contributed by atoms with Crippen molar-refractivity contribution in [3.05, 3.63) is 0 Å². The molecule has 0 fully saturated rings. The average molecular weight is 208 g/mol. The second-order valence-corrected chi connectivity index (χ2v) is 3.26. The first-order valence-corrected chi connectivity index (χ1v) is 4.95. The lowest BCUT2D eigenvalue weighted by atomic mass is 10.1. The number of unbranched alkanes of at least 4 members (excludes halogenated alkanes) is 1. The van der Waals surface area contributed by atoms with Crippen molar-refractivity contribution in [3.63, 3.8) is 0 Å². The third-order valence-corrected chi connectivity index (χ3v) is 2.02. The van der Waals surface area contributed by atoms with Crippen molar-refractivity contribution in [1.82, 2.24) is 4.90 Å². The highest BCUT2D eigenvalue weighted by Gasteiger charge is 2.19. The second-order valence-electron chi connectivity index (χ2n) is 3.26. The van der Waals surface area contributed by atoms with E-state index in [1.54, 1.807) is 0 Å². The number of nitriles is 2. The summed E-state index contributed by atoms with van der Waals surface area (Å²) < 4.78 is 0. The van der Waals surface area contributed by atoms with Crippen LogP contribution in [0, 0.1) is 22.7 Å². The molecule has 0 radical (unpaired) electrons. The molecule has 0 aromatic rings. The summed E-state index contributed by atoms with van der Waals surface area (Å²) in [5.41, 5.74) is 5.65. The van der Waals surface area contributed by atoms with Gasteiger partial charge in [0.2, 0.25) is 5.91 Å². The Bertz CT molecular complexity index is 260. The van der Waals surface area contributed by atoms with E-state index in [-0.39, 0.29) is 19.0 Å². The minimum Gasteiger partial charge on any atom is -0.320 e. The van der Waals surface area contributed by atoms with Crippen LogP contribution in [0.4, 0.5) is 0 Å². The first kappa shape index (κ1) is 13.4. The van der Waals surface area contributed by atoms with Crippen LogP contribution < -0.4 is 5.73 Å². The zero-order chi connectivity index (χ0) is 11.7. The van der Waals surface area contributed by atoms with Crippen LogP contribution in [0.25, 0.3) is 0 Å². The lowest BCUT2D eigenvalue weighted by Gasteiger charge is -2.20. The molecule has 0 aliphatic carbocycles. The molecule has 0 unspecified atom stereocenters. The predicted molar refractivity (Wildman–Crippen MR) is 55.3 cm³/mol. The van der Waals surface area contributed by atoms with Crippen molar-refractivity contribution < 1.29 is 4.79 Å². The van der Waals surface area contributed by atoms with Crippen LogP contribution in [0.15, 0.2) is 0 Å². The molecule has 0 heterocycles. The first-order chi connectivity index (χ1) is 7.17. The fourth-order valence-corrected chi connectivity index (χ4v) is 1.16. The van der Waals surface area contributed by atoms with Crippen LogP contribution >= 0.6 is 0 Å². The van der Waals surface area contributed by atoms with Gasteiger partial charge in [-0.15, -0.1) is 0 Å². The standard InChI is InChI=1S/C10H16N4O/c1-2-3-4-9(13)10(15)14(7-5-11)8-6-12/h9H,2-4,7-8,13H2,1H3/t9-/m0/s1. The van der Waals surface area contributed by atoms with Gasteiger partial charge in [-0.05, 0) is 6.42 Å². The Morgan fingerprint density at radius 1 is 1.40 bits per heavy atom. The van der Waals surface area contributed by atoms with Crippen molar-refractivity contribution >= 4 is 5.91 Å². The van der Waals surface area contributed by atoms with Gasteiger partial charge >= 0.3 is 0 Å². The summed E-state index contributed by atoms with van der Waals surface area (Å²) in [7, 11) is 0. The highest BCUT2D eigenvalue weighted by molar-refractivity contribution is 5.82. The fourth-order valence-electron chi connectivity index (χ4n) is 1.16. The van der Waals surface area contributed by atoms with Gasteiger partial charge in [0, 0.05) is 0 Å². The Morgan fingerprint density at radius 2 is 1.93 bits per heavy atom. The summed E-state index contributed by atoms with van der Waals surface area (Å²) in [5, 5.41) is 17.0. The highest BCUT2D eigenvalue weighted by atomic mass is 16.2. The Hall–Kier alpha value is -1.59. The maximum atomic E-state index is 11.6. The highest BCUT2D eigenvalue weighted by Crippen LogP contribution is 2.02. The van der Waals surface area contributed by atoms with Gasteiger partial charge < -0.3 is 10.6 Å². The van der Waals surface area contributed by atoms with Crippen LogP contribution in [-0.4, -0.2) is 29.9 Å². The summed E-state index contributed by atoms with van der Waals surface area (Å²) >= 11 is 0. The van der Waals surface area contributed by atoms with Gasteiger partial charge in [0.15, 0.2) is 0 Å². The molecule has 0 aromatic carbocycles. The van der Waals surface area contributed by atoms with E-state index in [0.29, 0.717) is 6.42 Å². The van der Waals surface area contributed by atoms with E-state index < -0.39 is 6.04 Å². The van der Waals surface area contributed by atoms with Crippen molar-refractivity contribution in [2.75, 3.05) is 13.1 Å². The van der Waals surface area contributed by atoms with E-state index in [9.17, 15) is 4.79 Å². The van der Waals surface area contributed by atoms with Gasteiger partial charge in [-0.2, -0.15) is 10.5 Å². The molecule has 0 saturated carbocycles. The molecule has 5 heteroatoms. The molecule has 1 atom stereocenters. The molecule has 5 nitrogen and oxygen atoms in total. The third-order valence-electron chi connectivity index (χ3n) is 2.02. The molecular formula is C10H16N4O. The topological polar surface area (TPSA) is 93.9 Å². The van der Waals surface area contributed by atoms with Gasteiger partial charge in [-0.3, -0.25) is 4.79 Å². The van der Waals surface area contributed by atoms with Crippen LogP contribution in [0.2, 0.25) is 0 Å². The normalized spacial score (nSPS) is 11.2. The molecule has 0 spiro atoms. The van der Waals surface area contributed by atoms with Crippen LogP contribution in [-0.2, 0) is 4.79 Å². The Balaban J connectivity index is 4.24. The number of carbonyl (C=O) groups is 1. The zero-order valence-electron chi connectivity index (χ0n) is 8.94. The van der Waals surface area contributed by atoms with E-state index in [4.69, 9.17) is 16.3 Å². The van der Waals surface area contributed by atoms with Gasteiger partial charge in [-0.1, -0.05) is 19.8 Å². The fraction of sp³-hybridized carbons (Fsp3) is 0.700. The lowest BCUT2D eigenvalue weighted by Crippen LogP contribution is -2.44. The molecule has 0 aliphatic heterocycles. The zero-order valence-corrected chi connectivity index (χ0v) is 8.94. The largest absolute Gasteiger partial charge is 0.320 e. The number of carbonyl (C=O) groups excluding carboxylic acids is 1. The molecular weight excluding hydrogens is 192 g/mol.